The van der Waals surface area contributed by atoms with E-state index in [2.05, 4.69) is 19.7 Å². The molecule has 1 aromatic carbocycles. The van der Waals surface area contributed by atoms with Gasteiger partial charge in [-0.2, -0.15) is 8.42 Å². The molecule has 7 nitrogen and oxygen atoms in total. The number of sulfonamides is 1. The van der Waals surface area contributed by atoms with Gasteiger partial charge in [0.05, 0.1) is 30.2 Å². The van der Waals surface area contributed by atoms with Crippen LogP contribution in [0.3, 0.4) is 0 Å². The average Bonchev–Trinajstić information content (AvgIpc) is 3.13. The lowest BCUT2D eigenvalue weighted by atomic mass is 10.3. The monoisotopic (exact) mass is 289 g/mol. The first-order chi connectivity index (χ1) is 9.67. The van der Waals surface area contributed by atoms with Crippen LogP contribution in [0.15, 0.2) is 60.5 Å². The van der Waals surface area contributed by atoms with E-state index in [0.717, 1.165) is 0 Å². The molecule has 3 rings (SSSR count). The Hall–Kier alpha value is -2.61. The first-order valence-electron chi connectivity index (χ1n) is 5.75. The van der Waals surface area contributed by atoms with Gasteiger partial charge in [-0.1, -0.05) is 12.1 Å². The number of aromatic nitrogens is 4. The molecule has 0 aliphatic rings. The minimum atomic E-state index is -3.69. The maximum Gasteiger partial charge on any atom is 0.279 e. The lowest BCUT2D eigenvalue weighted by Gasteiger charge is -2.11. The van der Waals surface area contributed by atoms with Crippen molar-refractivity contribution in [2.45, 2.75) is 5.03 Å². The molecule has 8 heteroatoms. The molecule has 0 bridgehead atoms. The third-order valence-electron chi connectivity index (χ3n) is 2.69. The first-order valence-corrected chi connectivity index (χ1v) is 7.24. The Labute approximate surface area is 115 Å². The van der Waals surface area contributed by atoms with E-state index in [4.69, 9.17) is 0 Å². The molecule has 2 aromatic heterocycles. The van der Waals surface area contributed by atoms with Crippen molar-refractivity contribution >= 4 is 15.7 Å². The number of benzene rings is 1. The van der Waals surface area contributed by atoms with Gasteiger partial charge in [-0.05, 0) is 12.1 Å². The highest BCUT2D eigenvalue weighted by Gasteiger charge is 2.17. The molecule has 102 valence electrons. The topological polar surface area (TPSA) is 92.7 Å². The molecule has 0 saturated heterocycles. The lowest BCUT2D eigenvalue weighted by molar-refractivity contribution is 0.598. The van der Waals surface area contributed by atoms with Crippen molar-refractivity contribution in [2.24, 2.45) is 0 Å². The summed E-state index contributed by atoms with van der Waals surface area (Å²) >= 11 is 0. The molecule has 0 amide bonds. The van der Waals surface area contributed by atoms with E-state index in [-0.39, 0.29) is 5.03 Å². The lowest BCUT2D eigenvalue weighted by Crippen LogP contribution is -2.14. The molecule has 0 atom stereocenters. The normalized spacial score (nSPS) is 11.4. The number of hydrogen-bond donors (Lipinski definition) is 2. The predicted molar refractivity (Wildman–Crippen MR) is 73.0 cm³/mol. The van der Waals surface area contributed by atoms with Crippen molar-refractivity contribution in [1.82, 2.24) is 19.5 Å². The maximum absolute atomic E-state index is 12.2. The van der Waals surface area contributed by atoms with Gasteiger partial charge in [0, 0.05) is 12.4 Å². The van der Waals surface area contributed by atoms with Crippen molar-refractivity contribution in [2.75, 3.05) is 4.72 Å². The van der Waals surface area contributed by atoms with Gasteiger partial charge in [-0.25, -0.2) is 9.97 Å². The van der Waals surface area contributed by atoms with Crippen LogP contribution in [0.5, 0.6) is 0 Å². The summed E-state index contributed by atoms with van der Waals surface area (Å²) in [5, 5.41) is 0.0120. The van der Waals surface area contributed by atoms with Crippen LogP contribution in [-0.2, 0) is 10.0 Å². The Morgan fingerprint density at radius 1 is 1.20 bits per heavy atom. The second-order valence-corrected chi connectivity index (χ2v) is 5.66. The molecule has 0 unspecified atom stereocenters. The molecule has 2 N–H and O–H groups in total. The fourth-order valence-electron chi connectivity index (χ4n) is 1.78. The van der Waals surface area contributed by atoms with Gasteiger partial charge in [0.2, 0.25) is 0 Å². The van der Waals surface area contributed by atoms with Gasteiger partial charge in [-0.15, -0.1) is 0 Å². The maximum atomic E-state index is 12.2. The molecule has 20 heavy (non-hydrogen) atoms. The van der Waals surface area contributed by atoms with Crippen molar-refractivity contribution < 1.29 is 8.42 Å². The molecule has 2 heterocycles. The summed E-state index contributed by atoms with van der Waals surface area (Å²) in [6, 6.07) is 7.06. The minimum Gasteiger partial charge on any atom is -0.334 e. The highest BCUT2D eigenvalue weighted by molar-refractivity contribution is 7.92. The van der Waals surface area contributed by atoms with Crippen molar-refractivity contribution in [3.8, 4) is 5.69 Å². The van der Waals surface area contributed by atoms with E-state index < -0.39 is 10.0 Å². The van der Waals surface area contributed by atoms with Crippen LogP contribution in [0.4, 0.5) is 5.69 Å². The zero-order valence-electron chi connectivity index (χ0n) is 10.3. The molecule has 0 saturated carbocycles. The zero-order valence-corrected chi connectivity index (χ0v) is 11.1. The molecule has 0 radical (unpaired) electrons. The van der Waals surface area contributed by atoms with Crippen LogP contribution in [0.25, 0.3) is 5.69 Å². The summed E-state index contributed by atoms with van der Waals surface area (Å²) in [5.74, 6) is 0. The van der Waals surface area contributed by atoms with Crippen molar-refractivity contribution in [3.05, 3.63) is 55.5 Å². The van der Waals surface area contributed by atoms with Crippen LogP contribution in [0, 0.1) is 0 Å². The van der Waals surface area contributed by atoms with Gasteiger partial charge in [0.1, 0.15) is 0 Å². The molecule has 0 aliphatic carbocycles. The standard InChI is InChI=1S/C12H11N5O2S/c18-20(19,12-7-14-8-15-12)16-10-3-1-2-4-11(10)17-6-5-13-9-17/h1-9,16H,(H,14,15). The third kappa shape index (κ3) is 2.28. The Morgan fingerprint density at radius 3 is 2.75 bits per heavy atom. The van der Waals surface area contributed by atoms with E-state index >= 15 is 0 Å². The number of rotatable bonds is 4. The summed E-state index contributed by atoms with van der Waals surface area (Å²) < 4.78 is 28.6. The Bertz CT molecular complexity index is 794. The van der Waals surface area contributed by atoms with E-state index in [1.165, 1.54) is 12.5 Å². The van der Waals surface area contributed by atoms with Crippen LogP contribution in [0.1, 0.15) is 0 Å². The van der Waals surface area contributed by atoms with Crippen LogP contribution >= 0.6 is 0 Å². The van der Waals surface area contributed by atoms with Gasteiger partial charge in [-0.3, -0.25) is 4.72 Å². The molecule has 0 aliphatic heterocycles. The second-order valence-electron chi connectivity index (χ2n) is 4.01. The number of hydrogen-bond acceptors (Lipinski definition) is 4. The van der Waals surface area contributed by atoms with E-state index in [9.17, 15) is 8.42 Å². The SMILES string of the molecule is O=S(=O)(Nc1ccccc1-n1ccnc1)c1cnc[nH]1. The van der Waals surface area contributed by atoms with Gasteiger partial charge < -0.3 is 9.55 Å². The Kier molecular flexibility index (Phi) is 2.99. The van der Waals surface area contributed by atoms with Crippen LogP contribution in [0.2, 0.25) is 0 Å². The molecule has 0 fully saturated rings. The van der Waals surface area contributed by atoms with Crippen LogP contribution < -0.4 is 4.72 Å². The number of imidazole rings is 2. The van der Waals surface area contributed by atoms with E-state index in [1.807, 2.05) is 6.07 Å². The zero-order chi connectivity index (χ0) is 14.0. The quantitative estimate of drug-likeness (QED) is 0.759. The fourth-order valence-corrected chi connectivity index (χ4v) is 2.76. The third-order valence-corrected chi connectivity index (χ3v) is 3.98. The van der Waals surface area contributed by atoms with E-state index in [1.54, 1.807) is 41.5 Å². The van der Waals surface area contributed by atoms with Gasteiger partial charge in [0.15, 0.2) is 5.03 Å². The summed E-state index contributed by atoms with van der Waals surface area (Å²) in [7, 11) is -3.69. The predicted octanol–water partition coefficient (Wildman–Crippen LogP) is 1.40. The summed E-state index contributed by atoms with van der Waals surface area (Å²) in [4.78, 5) is 10.2. The summed E-state index contributed by atoms with van der Waals surface area (Å²) in [6.07, 6.45) is 7.53. The summed E-state index contributed by atoms with van der Waals surface area (Å²) in [5.41, 5.74) is 1.15. The Morgan fingerprint density at radius 2 is 2.05 bits per heavy atom. The molecular formula is C12H11N5O2S. The highest BCUT2D eigenvalue weighted by Crippen LogP contribution is 2.22. The number of anilines is 1. The number of H-pyrrole nitrogens is 1. The van der Waals surface area contributed by atoms with Gasteiger partial charge >= 0.3 is 0 Å². The fraction of sp³-hybridized carbons (Fsp3) is 0. The number of nitrogens with one attached hydrogen (secondary N) is 2. The molecule has 3 aromatic rings. The van der Waals surface area contributed by atoms with E-state index in [0.29, 0.717) is 11.4 Å². The largest absolute Gasteiger partial charge is 0.334 e. The number of para-hydroxylation sites is 2. The van der Waals surface area contributed by atoms with Gasteiger partial charge in [0.25, 0.3) is 10.0 Å². The first kappa shape index (κ1) is 12.4. The number of nitrogens with zero attached hydrogens (tertiary/aromatic N) is 3. The van der Waals surface area contributed by atoms with Crippen molar-refractivity contribution in [3.63, 3.8) is 0 Å². The molecular weight excluding hydrogens is 278 g/mol. The summed E-state index contributed by atoms with van der Waals surface area (Å²) in [6.45, 7) is 0. The minimum absolute atomic E-state index is 0.0120. The average molecular weight is 289 g/mol. The smallest absolute Gasteiger partial charge is 0.279 e. The number of aromatic amines is 1. The van der Waals surface area contributed by atoms with Crippen LogP contribution in [-0.4, -0.2) is 27.9 Å². The molecule has 0 spiro atoms. The second kappa shape index (κ2) is 4.82. The highest BCUT2D eigenvalue weighted by atomic mass is 32.2. The van der Waals surface area contributed by atoms with Crippen molar-refractivity contribution in [1.29, 1.82) is 0 Å². The Balaban J connectivity index is 2.00.